The first kappa shape index (κ1) is 16.1. The lowest BCUT2D eigenvalue weighted by Gasteiger charge is -2.25. The summed E-state index contributed by atoms with van der Waals surface area (Å²) in [5.74, 6) is 3.18. The summed E-state index contributed by atoms with van der Waals surface area (Å²) in [6, 6.07) is 0. The molecule has 0 bridgehead atoms. The van der Waals surface area contributed by atoms with Crippen molar-refractivity contribution in [3.63, 3.8) is 0 Å². The maximum Gasteiger partial charge on any atom is 0.185 e. The molecule has 0 radical (unpaired) electrons. The number of nitrogens with zero attached hydrogens (tertiary/aromatic N) is 2. The number of nitrogens with one attached hydrogen (secondary N) is 1. The summed E-state index contributed by atoms with van der Waals surface area (Å²) >= 11 is 3.96. The van der Waals surface area contributed by atoms with Gasteiger partial charge in [-0.05, 0) is 18.9 Å². The van der Waals surface area contributed by atoms with E-state index >= 15 is 0 Å². The van der Waals surface area contributed by atoms with Gasteiger partial charge in [0.25, 0.3) is 0 Å². The van der Waals surface area contributed by atoms with Crippen LogP contribution in [-0.2, 0) is 13.0 Å². The van der Waals surface area contributed by atoms with Gasteiger partial charge < -0.3 is 10.2 Å². The molecule has 0 atom stereocenters. The zero-order chi connectivity index (χ0) is 14.4. The SMILES string of the molecule is CCCc1nc(N2CCSCC2)sc1CNCC(C)C. The third kappa shape index (κ3) is 4.64. The van der Waals surface area contributed by atoms with Gasteiger partial charge >= 0.3 is 0 Å². The summed E-state index contributed by atoms with van der Waals surface area (Å²) in [6.07, 6.45) is 2.29. The summed E-state index contributed by atoms with van der Waals surface area (Å²) in [4.78, 5) is 8.83. The maximum atomic E-state index is 4.92. The highest BCUT2D eigenvalue weighted by Gasteiger charge is 2.17. The van der Waals surface area contributed by atoms with E-state index in [1.54, 1.807) is 0 Å². The van der Waals surface area contributed by atoms with Gasteiger partial charge in [-0.1, -0.05) is 27.2 Å². The Balaban J connectivity index is 2.02. The molecule has 0 aliphatic carbocycles. The summed E-state index contributed by atoms with van der Waals surface area (Å²) in [5.41, 5.74) is 1.32. The minimum Gasteiger partial charge on any atom is -0.346 e. The topological polar surface area (TPSA) is 28.2 Å². The van der Waals surface area contributed by atoms with Crippen molar-refractivity contribution in [3.05, 3.63) is 10.6 Å². The smallest absolute Gasteiger partial charge is 0.185 e. The molecule has 20 heavy (non-hydrogen) atoms. The van der Waals surface area contributed by atoms with Crippen LogP contribution in [0.15, 0.2) is 0 Å². The van der Waals surface area contributed by atoms with Gasteiger partial charge in [0.2, 0.25) is 0 Å². The van der Waals surface area contributed by atoms with Crippen LogP contribution >= 0.6 is 23.1 Å². The van der Waals surface area contributed by atoms with Crippen LogP contribution in [0, 0.1) is 5.92 Å². The first-order chi connectivity index (χ1) is 9.70. The molecule has 1 aliphatic rings. The predicted molar refractivity (Wildman–Crippen MR) is 92.2 cm³/mol. The van der Waals surface area contributed by atoms with Gasteiger partial charge in [0, 0.05) is 36.0 Å². The molecule has 1 aromatic heterocycles. The third-order valence-corrected chi connectivity index (χ3v) is 5.47. The summed E-state index contributed by atoms with van der Waals surface area (Å²) < 4.78 is 0. The highest BCUT2D eigenvalue weighted by atomic mass is 32.2. The minimum atomic E-state index is 0.705. The molecule has 1 aromatic rings. The van der Waals surface area contributed by atoms with E-state index in [0.717, 1.165) is 32.6 Å². The fourth-order valence-electron chi connectivity index (χ4n) is 2.30. The quantitative estimate of drug-likeness (QED) is 0.835. The molecule has 0 aromatic carbocycles. The Kier molecular flexibility index (Phi) is 6.65. The number of anilines is 1. The van der Waals surface area contributed by atoms with Crippen LogP contribution in [0.1, 0.15) is 37.8 Å². The van der Waals surface area contributed by atoms with Gasteiger partial charge in [-0.25, -0.2) is 4.98 Å². The zero-order valence-electron chi connectivity index (χ0n) is 12.9. The molecule has 0 unspecified atom stereocenters. The number of rotatable bonds is 7. The van der Waals surface area contributed by atoms with E-state index in [1.807, 2.05) is 11.3 Å². The number of thioether (sulfide) groups is 1. The average Bonchev–Trinajstić information content (AvgIpc) is 2.83. The Bertz CT molecular complexity index is 398. The predicted octanol–water partition coefficient (Wildman–Crippen LogP) is 3.39. The van der Waals surface area contributed by atoms with Crippen LogP contribution in [0.2, 0.25) is 0 Å². The van der Waals surface area contributed by atoms with E-state index in [2.05, 4.69) is 42.7 Å². The lowest BCUT2D eigenvalue weighted by Crippen LogP contribution is -2.32. The number of hydrogen-bond donors (Lipinski definition) is 1. The molecule has 1 saturated heterocycles. The van der Waals surface area contributed by atoms with Crippen LogP contribution in [0.5, 0.6) is 0 Å². The first-order valence-corrected chi connectivity index (χ1v) is 9.69. The molecule has 3 nitrogen and oxygen atoms in total. The second kappa shape index (κ2) is 8.25. The standard InChI is InChI=1S/C15H27N3S2/c1-4-5-13-14(11-16-10-12(2)3)20-15(17-13)18-6-8-19-9-7-18/h12,16H,4-11H2,1-3H3. The van der Waals surface area contributed by atoms with E-state index in [-0.39, 0.29) is 0 Å². The third-order valence-electron chi connectivity index (χ3n) is 3.37. The monoisotopic (exact) mass is 313 g/mol. The van der Waals surface area contributed by atoms with Gasteiger partial charge in [0.15, 0.2) is 5.13 Å². The number of aryl methyl sites for hydroxylation is 1. The lowest BCUT2D eigenvalue weighted by molar-refractivity contribution is 0.553. The number of thiazole rings is 1. The van der Waals surface area contributed by atoms with E-state index in [1.165, 1.54) is 33.6 Å². The molecule has 1 fully saturated rings. The van der Waals surface area contributed by atoms with Crippen LogP contribution in [0.4, 0.5) is 5.13 Å². The molecule has 1 N–H and O–H groups in total. The van der Waals surface area contributed by atoms with Crippen molar-refractivity contribution in [1.29, 1.82) is 0 Å². The second-order valence-corrected chi connectivity index (χ2v) is 8.03. The summed E-state index contributed by atoms with van der Waals surface area (Å²) in [7, 11) is 0. The molecule has 0 spiro atoms. The molecule has 0 amide bonds. The van der Waals surface area contributed by atoms with Crippen molar-refractivity contribution >= 4 is 28.2 Å². The molecule has 2 rings (SSSR count). The molecular weight excluding hydrogens is 286 g/mol. The normalized spacial score (nSPS) is 16.1. The van der Waals surface area contributed by atoms with Gasteiger partial charge in [0.1, 0.15) is 0 Å². The Morgan fingerprint density at radius 1 is 1.30 bits per heavy atom. The molecule has 1 aliphatic heterocycles. The van der Waals surface area contributed by atoms with Gasteiger partial charge in [-0.2, -0.15) is 11.8 Å². The Hall–Kier alpha value is -0.260. The van der Waals surface area contributed by atoms with E-state index < -0.39 is 0 Å². The van der Waals surface area contributed by atoms with Gasteiger partial charge in [-0.3, -0.25) is 0 Å². The molecule has 0 saturated carbocycles. The Morgan fingerprint density at radius 2 is 2.05 bits per heavy atom. The number of hydrogen-bond acceptors (Lipinski definition) is 5. The minimum absolute atomic E-state index is 0.705. The molecule has 2 heterocycles. The average molecular weight is 314 g/mol. The largest absolute Gasteiger partial charge is 0.346 e. The molecule has 5 heteroatoms. The van der Waals surface area contributed by atoms with Crippen LogP contribution in [0.25, 0.3) is 0 Å². The first-order valence-electron chi connectivity index (χ1n) is 7.72. The van der Waals surface area contributed by atoms with Crippen molar-refractivity contribution in [2.45, 2.75) is 40.2 Å². The fraction of sp³-hybridized carbons (Fsp3) is 0.800. The lowest BCUT2D eigenvalue weighted by atomic mass is 10.2. The van der Waals surface area contributed by atoms with Gasteiger partial charge in [-0.15, -0.1) is 11.3 Å². The second-order valence-electron chi connectivity index (χ2n) is 5.74. The van der Waals surface area contributed by atoms with Crippen molar-refractivity contribution in [1.82, 2.24) is 10.3 Å². The highest BCUT2D eigenvalue weighted by Crippen LogP contribution is 2.29. The van der Waals surface area contributed by atoms with E-state index in [0.29, 0.717) is 5.92 Å². The maximum absolute atomic E-state index is 4.92. The number of aromatic nitrogens is 1. The zero-order valence-corrected chi connectivity index (χ0v) is 14.6. The van der Waals surface area contributed by atoms with Crippen molar-refractivity contribution in [3.8, 4) is 0 Å². The highest BCUT2D eigenvalue weighted by molar-refractivity contribution is 7.99. The van der Waals surface area contributed by atoms with Crippen molar-refractivity contribution < 1.29 is 0 Å². The van der Waals surface area contributed by atoms with Crippen LogP contribution in [-0.4, -0.2) is 36.1 Å². The Labute approximate surface area is 131 Å². The Morgan fingerprint density at radius 3 is 2.70 bits per heavy atom. The fourth-order valence-corrected chi connectivity index (χ4v) is 4.33. The van der Waals surface area contributed by atoms with Crippen LogP contribution < -0.4 is 10.2 Å². The molecular formula is C15H27N3S2. The van der Waals surface area contributed by atoms with E-state index in [4.69, 9.17) is 4.98 Å². The summed E-state index contributed by atoms with van der Waals surface area (Å²) in [5, 5.41) is 4.81. The van der Waals surface area contributed by atoms with Crippen molar-refractivity contribution in [2.24, 2.45) is 5.92 Å². The van der Waals surface area contributed by atoms with Crippen LogP contribution in [0.3, 0.4) is 0 Å². The van der Waals surface area contributed by atoms with E-state index in [9.17, 15) is 0 Å². The van der Waals surface area contributed by atoms with Crippen molar-refractivity contribution in [2.75, 3.05) is 36.0 Å². The van der Waals surface area contributed by atoms with Gasteiger partial charge in [0.05, 0.1) is 5.69 Å². The molecule has 114 valence electrons. The summed E-state index contributed by atoms with van der Waals surface area (Å²) in [6.45, 7) is 11.1.